The van der Waals surface area contributed by atoms with Crippen molar-refractivity contribution < 1.29 is 9.90 Å². The van der Waals surface area contributed by atoms with Crippen LogP contribution in [-0.2, 0) is 4.79 Å². The fourth-order valence-electron chi connectivity index (χ4n) is 2.00. The third-order valence-corrected chi connectivity index (χ3v) is 4.54. The van der Waals surface area contributed by atoms with Gasteiger partial charge >= 0.3 is 0 Å². The fraction of sp³-hybridized carbons (Fsp3) is 0.526. The Morgan fingerprint density at radius 1 is 1.26 bits per heavy atom. The second-order valence-corrected chi connectivity index (χ2v) is 7.11. The number of benzene rings is 1. The Morgan fingerprint density at radius 3 is 2.78 bits per heavy atom. The highest BCUT2D eigenvalue weighted by Crippen LogP contribution is 2.25. The molecule has 1 aromatic rings. The Hall–Kier alpha value is -1.26. The van der Waals surface area contributed by atoms with Crippen LogP contribution >= 0.6 is 11.8 Å². The molecule has 1 aromatic carbocycles. The molecule has 0 aromatic heterocycles. The maximum Gasteiger partial charge on any atom is 0.243 e. The van der Waals surface area contributed by atoms with Crippen molar-refractivity contribution in [2.45, 2.75) is 44.4 Å². The molecule has 128 valence electrons. The van der Waals surface area contributed by atoms with Gasteiger partial charge in [-0.05, 0) is 55.1 Å². The lowest BCUT2D eigenvalue weighted by Gasteiger charge is -2.07. The van der Waals surface area contributed by atoms with Crippen molar-refractivity contribution in [2.75, 3.05) is 18.9 Å². The zero-order valence-electron chi connectivity index (χ0n) is 14.3. The first-order valence-corrected chi connectivity index (χ1v) is 9.40. The lowest BCUT2D eigenvalue weighted by molar-refractivity contribution is -0.116. The predicted octanol–water partition coefficient (Wildman–Crippen LogP) is 4.12. The molecule has 0 aliphatic rings. The van der Waals surface area contributed by atoms with Gasteiger partial charge in [0.1, 0.15) is 0 Å². The average molecular weight is 336 g/mol. The molecular weight excluding hydrogens is 306 g/mol. The van der Waals surface area contributed by atoms with E-state index in [0.717, 1.165) is 30.6 Å². The summed E-state index contributed by atoms with van der Waals surface area (Å²) in [4.78, 5) is 13.0. The van der Waals surface area contributed by atoms with Gasteiger partial charge in [-0.2, -0.15) is 0 Å². The van der Waals surface area contributed by atoms with Gasteiger partial charge in [-0.25, -0.2) is 0 Å². The van der Waals surface area contributed by atoms with Crippen molar-refractivity contribution >= 4 is 23.7 Å². The fourth-order valence-corrected chi connectivity index (χ4v) is 3.29. The van der Waals surface area contributed by atoms with Crippen molar-refractivity contribution in [3.63, 3.8) is 0 Å². The van der Waals surface area contributed by atoms with Gasteiger partial charge in [0.15, 0.2) is 0 Å². The number of unbranched alkanes of at least 4 members (excludes halogenated alkanes) is 2. The van der Waals surface area contributed by atoms with Gasteiger partial charge in [0, 0.05) is 24.1 Å². The van der Waals surface area contributed by atoms with E-state index >= 15 is 0 Å². The third-order valence-electron chi connectivity index (χ3n) is 3.42. The summed E-state index contributed by atoms with van der Waals surface area (Å²) in [5.41, 5.74) is 1.09. The maximum absolute atomic E-state index is 11.8. The summed E-state index contributed by atoms with van der Waals surface area (Å²) in [6.07, 6.45) is 7.33. The molecule has 0 bridgehead atoms. The zero-order valence-corrected chi connectivity index (χ0v) is 15.1. The summed E-state index contributed by atoms with van der Waals surface area (Å²) in [7, 11) is 0. The number of aliphatic hydroxyl groups is 1. The van der Waals surface area contributed by atoms with Crippen LogP contribution in [0.15, 0.2) is 35.2 Å². The van der Waals surface area contributed by atoms with E-state index in [4.69, 9.17) is 5.11 Å². The van der Waals surface area contributed by atoms with E-state index in [0.29, 0.717) is 12.5 Å². The summed E-state index contributed by atoms with van der Waals surface area (Å²) in [5, 5.41) is 11.6. The second kappa shape index (κ2) is 12.2. The SMILES string of the molecule is CC(C)CCSc1ccccc1/C=C/C(=O)NCCCCCO. The van der Waals surface area contributed by atoms with E-state index in [1.165, 1.54) is 11.3 Å². The van der Waals surface area contributed by atoms with Crippen LogP contribution in [0, 0.1) is 5.92 Å². The molecule has 0 radical (unpaired) electrons. The Labute approximate surface area is 144 Å². The van der Waals surface area contributed by atoms with Gasteiger partial charge in [0.05, 0.1) is 0 Å². The van der Waals surface area contributed by atoms with E-state index in [2.05, 4.69) is 25.2 Å². The monoisotopic (exact) mass is 335 g/mol. The predicted molar refractivity (Wildman–Crippen MR) is 99.6 cm³/mol. The van der Waals surface area contributed by atoms with Crippen LogP contribution in [0.5, 0.6) is 0 Å². The van der Waals surface area contributed by atoms with Gasteiger partial charge in [-0.3, -0.25) is 4.79 Å². The number of hydrogen-bond acceptors (Lipinski definition) is 3. The standard InChI is InChI=1S/C19H29NO2S/c1-16(2)12-15-23-18-9-5-4-8-17(18)10-11-19(22)20-13-6-3-7-14-21/h4-5,8-11,16,21H,3,6-7,12-15H2,1-2H3,(H,20,22)/b11-10+. The quantitative estimate of drug-likeness (QED) is 0.363. The molecule has 0 aliphatic carbocycles. The molecule has 1 amide bonds. The molecule has 1 rings (SSSR count). The molecule has 0 aliphatic heterocycles. The number of nitrogens with one attached hydrogen (secondary N) is 1. The second-order valence-electron chi connectivity index (χ2n) is 5.98. The number of carbonyl (C=O) groups excluding carboxylic acids is 1. The van der Waals surface area contributed by atoms with Crippen molar-refractivity contribution in [1.29, 1.82) is 0 Å². The molecule has 0 saturated heterocycles. The van der Waals surface area contributed by atoms with Crippen LogP contribution in [0.25, 0.3) is 6.08 Å². The summed E-state index contributed by atoms with van der Waals surface area (Å²) in [5.74, 6) is 1.75. The summed E-state index contributed by atoms with van der Waals surface area (Å²) in [6, 6.07) is 8.19. The molecular formula is C19H29NO2S. The van der Waals surface area contributed by atoms with Crippen LogP contribution in [0.3, 0.4) is 0 Å². The highest BCUT2D eigenvalue weighted by Gasteiger charge is 2.02. The molecule has 3 nitrogen and oxygen atoms in total. The Bertz CT molecular complexity index is 486. The van der Waals surface area contributed by atoms with Gasteiger partial charge < -0.3 is 10.4 Å². The molecule has 0 fully saturated rings. The van der Waals surface area contributed by atoms with E-state index in [1.807, 2.05) is 36.0 Å². The minimum absolute atomic E-state index is 0.0593. The van der Waals surface area contributed by atoms with E-state index < -0.39 is 0 Å². The average Bonchev–Trinajstić information content (AvgIpc) is 2.53. The van der Waals surface area contributed by atoms with Gasteiger partial charge in [-0.15, -0.1) is 11.8 Å². The number of aliphatic hydroxyl groups excluding tert-OH is 1. The first-order chi connectivity index (χ1) is 11.1. The summed E-state index contributed by atoms with van der Waals surface area (Å²) >= 11 is 1.85. The van der Waals surface area contributed by atoms with E-state index in [-0.39, 0.29) is 12.5 Å². The Kier molecular flexibility index (Phi) is 10.5. The first kappa shape index (κ1) is 19.8. The molecule has 0 heterocycles. The van der Waals surface area contributed by atoms with Crippen molar-refractivity contribution in [3.05, 3.63) is 35.9 Å². The summed E-state index contributed by atoms with van der Waals surface area (Å²) < 4.78 is 0. The Balaban J connectivity index is 2.44. The smallest absolute Gasteiger partial charge is 0.243 e. The first-order valence-electron chi connectivity index (χ1n) is 8.42. The molecule has 0 spiro atoms. The van der Waals surface area contributed by atoms with Crippen LogP contribution in [0.4, 0.5) is 0 Å². The largest absolute Gasteiger partial charge is 0.396 e. The van der Waals surface area contributed by atoms with Crippen LogP contribution in [0.1, 0.15) is 45.1 Å². The van der Waals surface area contributed by atoms with Crippen molar-refractivity contribution in [3.8, 4) is 0 Å². The third kappa shape index (κ3) is 9.47. The number of carbonyl (C=O) groups is 1. The highest BCUT2D eigenvalue weighted by molar-refractivity contribution is 7.99. The molecule has 0 unspecified atom stereocenters. The van der Waals surface area contributed by atoms with Crippen LogP contribution in [0.2, 0.25) is 0 Å². The number of amides is 1. The van der Waals surface area contributed by atoms with E-state index in [9.17, 15) is 4.79 Å². The van der Waals surface area contributed by atoms with Crippen LogP contribution < -0.4 is 5.32 Å². The maximum atomic E-state index is 11.8. The van der Waals surface area contributed by atoms with Crippen molar-refractivity contribution in [1.82, 2.24) is 5.32 Å². The highest BCUT2D eigenvalue weighted by atomic mass is 32.2. The van der Waals surface area contributed by atoms with Gasteiger partial charge in [0.2, 0.25) is 5.91 Å². The number of hydrogen-bond donors (Lipinski definition) is 2. The minimum atomic E-state index is -0.0593. The molecule has 0 saturated carbocycles. The van der Waals surface area contributed by atoms with Gasteiger partial charge in [-0.1, -0.05) is 32.0 Å². The van der Waals surface area contributed by atoms with Gasteiger partial charge in [0.25, 0.3) is 0 Å². The van der Waals surface area contributed by atoms with Crippen LogP contribution in [-0.4, -0.2) is 29.9 Å². The minimum Gasteiger partial charge on any atom is -0.396 e. The molecule has 23 heavy (non-hydrogen) atoms. The molecule has 4 heteroatoms. The normalized spacial score (nSPS) is 11.3. The van der Waals surface area contributed by atoms with Crippen molar-refractivity contribution in [2.24, 2.45) is 5.92 Å². The molecule has 2 N–H and O–H groups in total. The lowest BCUT2D eigenvalue weighted by Crippen LogP contribution is -2.22. The number of rotatable bonds is 11. The summed E-state index contributed by atoms with van der Waals surface area (Å²) in [6.45, 7) is 5.35. The molecule has 0 atom stereocenters. The van der Waals surface area contributed by atoms with E-state index in [1.54, 1.807) is 6.08 Å². The Morgan fingerprint density at radius 2 is 2.04 bits per heavy atom. The number of thioether (sulfide) groups is 1. The lowest BCUT2D eigenvalue weighted by atomic mass is 10.2. The zero-order chi connectivity index (χ0) is 16.9. The topological polar surface area (TPSA) is 49.3 Å².